The van der Waals surface area contributed by atoms with Crippen molar-refractivity contribution in [2.45, 2.75) is 26.3 Å². The summed E-state index contributed by atoms with van der Waals surface area (Å²) in [7, 11) is 1.66. The number of nitrogens with zero attached hydrogens (tertiary/aromatic N) is 1. The fourth-order valence-corrected chi connectivity index (χ4v) is 1.44. The van der Waals surface area contributed by atoms with E-state index in [2.05, 4.69) is 5.32 Å². The summed E-state index contributed by atoms with van der Waals surface area (Å²) < 4.78 is 6.92. The van der Waals surface area contributed by atoms with Crippen LogP contribution in [0.2, 0.25) is 0 Å². The highest BCUT2D eigenvalue weighted by molar-refractivity contribution is 5.75. The van der Waals surface area contributed by atoms with Gasteiger partial charge in [0.25, 0.3) is 0 Å². The van der Waals surface area contributed by atoms with Crippen LogP contribution in [0.25, 0.3) is 0 Å². The van der Waals surface area contributed by atoms with Crippen molar-refractivity contribution in [3.8, 4) is 0 Å². The highest BCUT2D eigenvalue weighted by Crippen LogP contribution is 1.90. The molecule has 0 aromatic carbocycles. The molecule has 18 heavy (non-hydrogen) atoms. The first-order valence-corrected chi connectivity index (χ1v) is 5.93. The molecule has 5 heteroatoms. The van der Waals surface area contributed by atoms with Crippen molar-refractivity contribution in [1.82, 2.24) is 5.32 Å². The second-order valence-corrected chi connectivity index (χ2v) is 4.06. The maximum atomic E-state index is 11.5. The van der Waals surface area contributed by atoms with Crippen molar-refractivity contribution < 1.29 is 31.1 Å². The smallest absolute Gasteiger partial charge is 0.226 e. The van der Waals surface area contributed by atoms with Gasteiger partial charge in [0.05, 0.1) is 6.42 Å². The molecule has 0 spiro atoms. The predicted molar refractivity (Wildman–Crippen MR) is 65.5 cm³/mol. The fraction of sp³-hybridized carbons (Fsp3) is 0.538. The van der Waals surface area contributed by atoms with E-state index in [4.69, 9.17) is 4.74 Å². The zero-order chi connectivity index (χ0) is 12.5. The molecule has 0 saturated carbocycles. The molecular formula is C13H21BrN2O2. The predicted octanol–water partition coefficient (Wildman–Crippen LogP) is -2.17. The lowest BCUT2D eigenvalue weighted by Crippen LogP contribution is -3.00. The van der Waals surface area contributed by atoms with E-state index < -0.39 is 0 Å². The first kappa shape index (κ1) is 17.1. The summed E-state index contributed by atoms with van der Waals surface area (Å²) in [4.78, 5) is 11.5. The van der Waals surface area contributed by atoms with Crippen LogP contribution < -0.4 is 26.9 Å². The summed E-state index contributed by atoms with van der Waals surface area (Å²) in [5, 5.41) is 2.87. The number of hydrogen-bond donors (Lipinski definition) is 1. The number of ether oxygens (including phenoxy) is 1. The number of nitrogens with one attached hydrogen (secondary N) is 1. The number of amides is 1. The number of halogens is 1. The molecule has 0 unspecified atom stereocenters. The van der Waals surface area contributed by atoms with Gasteiger partial charge >= 0.3 is 0 Å². The van der Waals surface area contributed by atoms with E-state index in [0.29, 0.717) is 19.6 Å². The Kier molecular flexibility index (Phi) is 9.50. The van der Waals surface area contributed by atoms with E-state index in [1.165, 1.54) is 5.56 Å². The number of methoxy groups -OCH3 is 1. The lowest BCUT2D eigenvalue weighted by Gasteiger charge is -2.03. The van der Waals surface area contributed by atoms with E-state index in [1.807, 2.05) is 36.0 Å². The van der Waals surface area contributed by atoms with Crippen LogP contribution in [0.15, 0.2) is 24.5 Å². The minimum Gasteiger partial charge on any atom is -1.00 e. The normalized spacial score (nSPS) is 9.67. The molecule has 1 amide bonds. The fourth-order valence-electron chi connectivity index (χ4n) is 1.44. The van der Waals surface area contributed by atoms with Crippen LogP contribution in [0.4, 0.5) is 0 Å². The zero-order valence-corrected chi connectivity index (χ0v) is 12.6. The summed E-state index contributed by atoms with van der Waals surface area (Å²) in [5.41, 5.74) is 1.23. The molecule has 0 aliphatic heterocycles. The highest BCUT2D eigenvalue weighted by Gasteiger charge is 2.05. The van der Waals surface area contributed by atoms with Gasteiger partial charge in [-0.1, -0.05) is 0 Å². The van der Waals surface area contributed by atoms with Gasteiger partial charge in [0, 0.05) is 32.4 Å². The Morgan fingerprint density at radius 3 is 2.67 bits per heavy atom. The molecule has 0 radical (unpaired) electrons. The number of rotatable bonds is 7. The van der Waals surface area contributed by atoms with Gasteiger partial charge in [0.15, 0.2) is 18.9 Å². The Morgan fingerprint density at radius 2 is 2.06 bits per heavy atom. The Balaban J connectivity index is 0.00000289. The van der Waals surface area contributed by atoms with Crippen molar-refractivity contribution in [1.29, 1.82) is 0 Å². The third-order valence-corrected chi connectivity index (χ3v) is 2.50. The summed E-state index contributed by atoms with van der Waals surface area (Å²) in [6, 6.07) is 4.08. The van der Waals surface area contributed by atoms with Crippen LogP contribution in [0.1, 0.15) is 18.4 Å². The van der Waals surface area contributed by atoms with Crippen LogP contribution in [-0.4, -0.2) is 26.2 Å². The van der Waals surface area contributed by atoms with Crippen LogP contribution in [-0.2, 0) is 16.1 Å². The maximum Gasteiger partial charge on any atom is 0.226 e. The number of pyridine rings is 1. The van der Waals surface area contributed by atoms with Crippen LogP contribution in [0.3, 0.4) is 0 Å². The number of carbonyl (C=O) groups excluding carboxylic acids is 1. The Hall–Kier alpha value is -0.940. The molecule has 0 fully saturated rings. The molecule has 1 heterocycles. The molecule has 1 aromatic rings. The van der Waals surface area contributed by atoms with Crippen LogP contribution in [0, 0.1) is 6.92 Å². The lowest BCUT2D eigenvalue weighted by molar-refractivity contribution is -0.695. The topological polar surface area (TPSA) is 42.2 Å². The standard InChI is InChI=1S/C13H20N2O2.BrH/c1-12-4-8-15(9-5-12)10-6-13(16)14-7-3-11-17-2;/h4-5,8-9H,3,6-7,10-11H2,1-2H3;1H. The number of hydrogen-bond acceptors (Lipinski definition) is 2. The molecule has 1 aromatic heterocycles. The summed E-state index contributed by atoms with van der Waals surface area (Å²) in [6.07, 6.45) is 5.36. The average Bonchev–Trinajstić information content (AvgIpc) is 2.34. The van der Waals surface area contributed by atoms with Gasteiger partial charge in [-0.15, -0.1) is 0 Å². The monoisotopic (exact) mass is 316 g/mol. The van der Waals surface area contributed by atoms with Crippen molar-refractivity contribution in [3.05, 3.63) is 30.1 Å². The van der Waals surface area contributed by atoms with E-state index in [9.17, 15) is 4.79 Å². The molecule has 102 valence electrons. The minimum absolute atomic E-state index is 0. The Bertz CT molecular complexity index is 341. The van der Waals surface area contributed by atoms with Crippen molar-refractivity contribution in [2.75, 3.05) is 20.3 Å². The number of aryl methyl sites for hydroxylation is 2. The zero-order valence-electron chi connectivity index (χ0n) is 11.0. The number of carbonyl (C=O) groups is 1. The summed E-state index contributed by atoms with van der Waals surface area (Å²) in [6.45, 7) is 4.14. The van der Waals surface area contributed by atoms with Gasteiger partial charge in [-0.25, -0.2) is 4.57 Å². The Morgan fingerprint density at radius 1 is 1.39 bits per heavy atom. The van der Waals surface area contributed by atoms with E-state index >= 15 is 0 Å². The van der Waals surface area contributed by atoms with Crippen molar-refractivity contribution >= 4 is 5.91 Å². The quantitative estimate of drug-likeness (QED) is 0.459. The summed E-state index contributed by atoms with van der Waals surface area (Å²) in [5.74, 6) is 0.0918. The lowest BCUT2D eigenvalue weighted by atomic mass is 10.3. The number of aromatic nitrogens is 1. The van der Waals surface area contributed by atoms with E-state index in [0.717, 1.165) is 13.0 Å². The summed E-state index contributed by atoms with van der Waals surface area (Å²) >= 11 is 0. The third kappa shape index (κ3) is 7.40. The first-order valence-electron chi connectivity index (χ1n) is 5.93. The second-order valence-electron chi connectivity index (χ2n) is 4.06. The molecular weight excluding hydrogens is 296 g/mol. The first-order chi connectivity index (χ1) is 8.22. The largest absolute Gasteiger partial charge is 1.00 e. The van der Waals surface area contributed by atoms with Gasteiger partial charge in [-0.2, -0.15) is 0 Å². The Labute approximate surface area is 119 Å². The van der Waals surface area contributed by atoms with Gasteiger partial charge in [0.2, 0.25) is 5.91 Å². The molecule has 0 aliphatic rings. The molecule has 0 saturated heterocycles. The molecule has 1 rings (SSSR count). The van der Waals surface area contributed by atoms with Gasteiger partial charge in [-0.05, 0) is 18.9 Å². The maximum absolute atomic E-state index is 11.5. The SMILES string of the molecule is COCCCNC(=O)CC[n+]1ccc(C)cc1.[Br-]. The van der Waals surface area contributed by atoms with Gasteiger partial charge in [-0.3, -0.25) is 4.79 Å². The van der Waals surface area contributed by atoms with Crippen LogP contribution in [0.5, 0.6) is 0 Å². The average molecular weight is 317 g/mol. The van der Waals surface area contributed by atoms with E-state index in [-0.39, 0.29) is 22.9 Å². The third-order valence-electron chi connectivity index (χ3n) is 2.50. The van der Waals surface area contributed by atoms with Crippen molar-refractivity contribution in [2.24, 2.45) is 0 Å². The van der Waals surface area contributed by atoms with Gasteiger partial charge < -0.3 is 27.0 Å². The minimum atomic E-state index is 0. The van der Waals surface area contributed by atoms with Gasteiger partial charge in [0.1, 0.15) is 0 Å². The molecule has 0 bridgehead atoms. The van der Waals surface area contributed by atoms with Crippen molar-refractivity contribution in [3.63, 3.8) is 0 Å². The highest BCUT2D eigenvalue weighted by atomic mass is 79.9. The molecule has 1 N–H and O–H groups in total. The molecule has 0 atom stereocenters. The second kappa shape index (κ2) is 10.0. The van der Waals surface area contributed by atoms with E-state index in [1.54, 1.807) is 7.11 Å². The van der Waals surface area contributed by atoms with Crippen LogP contribution >= 0.6 is 0 Å². The molecule has 4 nitrogen and oxygen atoms in total. The molecule has 0 aliphatic carbocycles.